The molecule has 1 amide bonds. The van der Waals surface area contributed by atoms with Crippen molar-refractivity contribution in [1.82, 2.24) is 5.32 Å². The van der Waals surface area contributed by atoms with Crippen LogP contribution >= 0.6 is 0 Å². The summed E-state index contributed by atoms with van der Waals surface area (Å²) in [5.41, 5.74) is 3.56. The first kappa shape index (κ1) is 21.4. The minimum absolute atomic E-state index is 0.133. The quantitative estimate of drug-likeness (QED) is 0.672. The van der Waals surface area contributed by atoms with Crippen LogP contribution in [0.4, 0.5) is 0 Å². The molecule has 1 unspecified atom stereocenters. The summed E-state index contributed by atoms with van der Waals surface area (Å²) in [5, 5.41) is 3.05. The van der Waals surface area contributed by atoms with Crippen molar-refractivity contribution >= 4 is 12.0 Å². The Morgan fingerprint density at radius 1 is 1.07 bits per heavy atom. The predicted octanol–water partition coefficient (Wildman–Crippen LogP) is 4.69. The summed E-state index contributed by atoms with van der Waals surface area (Å²) in [6.07, 6.45) is 1.82. The Morgan fingerprint density at radius 3 is 2.39 bits per heavy atom. The molecule has 150 valence electrons. The Balaban J connectivity index is 2.18. The van der Waals surface area contributed by atoms with Crippen molar-refractivity contribution in [2.75, 3.05) is 20.8 Å². The average Bonchev–Trinajstić information content (AvgIpc) is 2.69. The normalized spacial score (nSPS) is 12.3. The zero-order valence-corrected chi connectivity index (χ0v) is 17.5. The van der Waals surface area contributed by atoms with Gasteiger partial charge in [-0.05, 0) is 57.5 Å². The number of ether oxygens (including phenoxy) is 3. The lowest BCUT2D eigenvalue weighted by Crippen LogP contribution is -2.27. The van der Waals surface area contributed by atoms with E-state index in [4.69, 9.17) is 14.2 Å². The Labute approximate surface area is 167 Å². The molecule has 0 heterocycles. The molecule has 0 spiro atoms. The smallest absolute Gasteiger partial charge is 0.247 e. The third kappa shape index (κ3) is 5.28. The van der Waals surface area contributed by atoms with Crippen LogP contribution in [-0.4, -0.2) is 26.7 Å². The van der Waals surface area contributed by atoms with Crippen LogP contribution in [0.2, 0.25) is 0 Å². The highest BCUT2D eigenvalue weighted by molar-refractivity contribution is 5.97. The second-order valence-corrected chi connectivity index (χ2v) is 6.61. The van der Waals surface area contributed by atoms with Gasteiger partial charge in [0.1, 0.15) is 5.75 Å². The largest absolute Gasteiger partial charge is 0.494 e. The van der Waals surface area contributed by atoms with Crippen molar-refractivity contribution in [3.63, 3.8) is 0 Å². The van der Waals surface area contributed by atoms with Gasteiger partial charge in [-0.3, -0.25) is 4.79 Å². The van der Waals surface area contributed by atoms with Gasteiger partial charge in [-0.1, -0.05) is 23.8 Å². The molecule has 2 rings (SSSR count). The number of hydrogen-bond acceptors (Lipinski definition) is 4. The van der Waals surface area contributed by atoms with Gasteiger partial charge in [0.05, 0.1) is 26.9 Å². The van der Waals surface area contributed by atoms with Crippen LogP contribution in [0.1, 0.15) is 43.5 Å². The van der Waals surface area contributed by atoms with E-state index in [1.165, 1.54) is 0 Å². The van der Waals surface area contributed by atoms with E-state index in [2.05, 4.69) is 5.32 Å². The van der Waals surface area contributed by atoms with Crippen LogP contribution in [0.25, 0.3) is 6.08 Å². The molecule has 0 fully saturated rings. The van der Waals surface area contributed by atoms with E-state index in [0.717, 1.165) is 22.4 Å². The number of benzene rings is 2. The second kappa shape index (κ2) is 9.83. The molecule has 1 N–H and O–H groups in total. The first-order chi connectivity index (χ1) is 13.4. The van der Waals surface area contributed by atoms with Gasteiger partial charge in [0.25, 0.3) is 0 Å². The number of carbonyl (C=O) groups is 1. The Bertz CT molecular complexity index is 858. The van der Waals surface area contributed by atoms with Crippen LogP contribution in [0.15, 0.2) is 42.0 Å². The third-order valence-corrected chi connectivity index (χ3v) is 4.43. The topological polar surface area (TPSA) is 56.8 Å². The molecular formula is C23H29NO4. The standard InChI is InChI=1S/C23H29NO4/c1-7-28-20-10-8-15(2)12-19(20)17(4)24-23(25)16(3)13-18-9-11-21(26-5)22(14-18)27-6/h8-14,17H,7H2,1-6H3,(H,24,25)/b16-13+. The number of carbonyl (C=O) groups excluding carboxylic acids is 1. The van der Waals surface area contributed by atoms with Crippen molar-refractivity contribution in [1.29, 1.82) is 0 Å². The number of nitrogens with one attached hydrogen (secondary N) is 1. The number of amides is 1. The highest BCUT2D eigenvalue weighted by Crippen LogP contribution is 2.29. The summed E-state index contributed by atoms with van der Waals surface area (Å²) in [6, 6.07) is 11.4. The minimum atomic E-state index is -0.178. The highest BCUT2D eigenvalue weighted by atomic mass is 16.5. The summed E-state index contributed by atoms with van der Waals surface area (Å²) in [6.45, 7) is 8.30. The van der Waals surface area contributed by atoms with Gasteiger partial charge in [-0.15, -0.1) is 0 Å². The number of hydrogen-bond donors (Lipinski definition) is 1. The summed E-state index contributed by atoms with van der Waals surface area (Å²) >= 11 is 0. The van der Waals surface area contributed by atoms with Crippen LogP contribution in [0, 0.1) is 6.92 Å². The summed E-state index contributed by atoms with van der Waals surface area (Å²) < 4.78 is 16.3. The van der Waals surface area contributed by atoms with E-state index in [-0.39, 0.29) is 11.9 Å². The third-order valence-electron chi connectivity index (χ3n) is 4.43. The minimum Gasteiger partial charge on any atom is -0.494 e. The monoisotopic (exact) mass is 383 g/mol. The highest BCUT2D eigenvalue weighted by Gasteiger charge is 2.16. The Hall–Kier alpha value is -2.95. The second-order valence-electron chi connectivity index (χ2n) is 6.61. The molecule has 0 radical (unpaired) electrons. The lowest BCUT2D eigenvalue weighted by Gasteiger charge is -2.19. The van der Waals surface area contributed by atoms with Crippen molar-refractivity contribution in [3.05, 3.63) is 58.7 Å². The van der Waals surface area contributed by atoms with Crippen molar-refractivity contribution in [3.8, 4) is 17.2 Å². The maximum absolute atomic E-state index is 12.7. The fourth-order valence-corrected chi connectivity index (χ4v) is 2.94. The van der Waals surface area contributed by atoms with Gasteiger partial charge >= 0.3 is 0 Å². The van der Waals surface area contributed by atoms with Crippen molar-refractivity contribution < 1.29 is 19.0 Å². The summed E-state index contributed by atoms with van der Waals surface area (Å²) in [7, 11) is 3.18. The molecule has 2 aromatic rings. The van der Waals surface area contributed by atoms with Crippen LogP contribution in [0.5, 0.6) is 17.2 Å². The van der Waals surface area contributed by atoms with Crippen molar-refractivity contribution in [2.24, 2.45) is 0 Å². The molecule has 0 saturated carbocycles. The van der Waals surface area contributed by atoms with Gasteiger partial charge in [-0.25, -0.2) is 0 Å². The Morgan fingerprint density at radius 2 is 1.75 bits per heavy atom. The van der Waals surface area contributed by atoms with Crippen molar-refractivity contribution in [2.45, 2.75) is 33.7 Å². The molecule has 0 aliphatic heterocycles. The van der Waals surface area contributed by atoms with Gasteiger partial charge in [0.15, 0.2) is 11.5 Å². The molecular weight excluding hydrogens is 354 g/mol. The molecule has 28 heavy (non-hydrogen) atoms. The Kier molecular flexibility index (Phi) is 7.50. The lowest BCUT2D eigenvalue weighted by atomic mass is 10.0. The van der Waals surface area contributed by atoms with E-state index in [0.29, 0.717) is 23.7 Å². The van der Waals surface area contributed by atoms with Crippen LogP contribution < -0.4 is 19.5 Å². The predicted molar refractivity (Wildman–Crippen MR) is 112 cm³/mol. The molecule has 0 aromatic heterocycles. The maximum atomic E-state index is 12.7. The molecule has 5 heteroatoms. The number of methoxy groups -OCH3 is 2. The van der Waals surface area contributed by atoms with Gasteiger partial charge in [0.2, 0.25) is 5.91 Å². The summed E-state index contributed by atoms with van der Waals surface area (Å²) in [4.78, 5) is 12.7. The van der Waals surface area contributed by atoms with E-state index >= 15 is 0 Å². The molecule has 0 aliphatic rings. The van der Waals surface area contributed by atoms with E-state index in [1.54, 1.807) is 21.1 Å². The molecule has 2 aromatic carbocycles. The SMILES string of the molecule is CCOc1ccc(C)cc1C(C)NC(=O)/C(C)=C/c1ccc(OC)c(OC)c1. The van der Waals surface area contributed by atoms with E-state index in [1.807, 2.05) is 63.2 Å². The molecule has 0 saturated heterocycles. The van der Waals surface area contributed by atoms with Crippen LogP contribution in [-0.2, 0) is 4.79 Å². The first-order valence-electron chi connectivity index (χ1n) is 9.34. The zero-order valence-electron chi connectivity index (χ0n) is 17.5. The molecule has 0 bridgehead atoms. The lowest BCUT2D eigenvalue weighted by molar-refractivity contribution is -0.118. The van der Waals surface area contributed by atoms with Gasteiger partial charge < -0.3 is 19.5 Å². The fraction of sp³-hybridized carbons (Fsp3) is 0.348. The van der Waals surface area contributed by atoms with E-state index in [9.17, 15) is 4.79 Å². The zero-order chi connectivity index (χ0) is 20.7. The average molecular weight is 383 g/mol. The van der Waals surface area contributed by atoms with E-state index < -0.39 is 0 Å². The van der Waals surface area contributed by atoms with Gasteiger partial charge in [-0.2, -0.15) is 0 Å². The maximum Gasteiger partial charge on any atom is 0.247 e. The fourth-order valence-electron chi connectivity index (χ4n) is 2.94. The molecule has 0 aliphatic carbocycles. The molecule has 1 atom stereocenters. The number of aryl methyl sites for hydroxylation is 1. The summed E-state index contributed by atoms with van der Waals surface area (Å²) in [5.74, 6) is 1.94. The molecule has 5 nitrogen and oxygen atoms in total. The van der Waals surface area contributed by atoms with Crippen LogP contribution in [0.3, 0.4) is 0 Å². The first-order valence-corrected chi connectivity index (χ1v) is 9.34. The van der Waals surface area contributed by atoms with Gasteiger partial charge in [0, 0.05) is 11.1 Å². The number of rotatable bonds is 8.